The molecule has 0 spiro atoms. The zero-order valence-corrected chi connectivity index (χ0v) is 11.5. The molecule has 2 fully saturated rings. The summed E-state index contributed by atoms with van der Waals surface area (Å²) < 4.78 is 1.63. The molecule has 0 unspecified atom stereocenters. The highest BCUT2D eigenvalue weighted by Gasteiger charge is 2.33. The summed E-state index contributed by atoms with van der Waals surface area (Å²) in [6, 6.07) is 0.539. The van der Waals surface area contributed by atoms with Crippen molar-refractivity contribution in [1.29, 1.82) is 0 Å². The quantitative estimate of drug-likeness (QED) is 0.870. The first-order valence-electron chi connectivity index (χ1n) is 7.24. The zero-order chi connectivity index (χ0) is 13.2. The first-order chi connectivity index (χ1) is 9.25. The summed E-state index contributed by atoms with van der Waals surface area (Å²) in [5.41, 5.74) is 0.0309. The zero-order valence-electron chi connectivity index (χ0n) is 11.5. The number of hydrogen-bond donors (Lipinski definition) is 1. The van der Waals surface area contributed by atoms with Crippen LogP contribution in [0.15, 0.2) is 17.2 Å². The van der Waals surface area contributed by atoms with Gasteiger partial charge in [-0.1, -0.05) is 0 Å². The van der Waals surface area contributed by atoms with Crippen LogP contribution in [0.2, 0.25) is 0 Å². The van der Waals surface area contributed by atoms with Crippen molar-refractivity contribution in [2.75, 3.05) is 24.5 Å². The predicted molar refractivity (Wildman–Crippen MR) is 75.4 cm³/mol. The molecule has 1 aromatic rings. The Kier molecular flexibility index (Phi) is 3.55. The van der Waals surface area contributed by atoms with Gasteiger partial charge in [0.2, 0.25) is 0 Å². The van der Waals surface area contributed by atoms with Gasteiger partial charge in [-0.2, -0.15) is 0 Å². The molecule has 1 aromatic heterocycles. The standard InChI is InChI=1S/C14H22N4O/c1-17-9-8-16-13(14(17)19)18(12-2-3-12)10-11-4-6-15-7-5-11/h8-9,11-12,15H,2-7,10H2,1H3. The minimum absolute atomic E-state index is 0.0309. The van der Waals surface area contributed by atoms with Gasteiger partial charge in [0.1, 0.15) is 0 Å². The van der Waals surface area contributed by atoms with E-state index in [4.69, 9.17) is 0 Å². The van der Waals surface area contributed by atoms with Gasteiger partial charge < -0.3 is 14.8 Å². The maximum atomic E-state index is 12.2. The smallest absolute Gasteiger partial charge is 0.293 e. The molecule has 5 nitrogen and oxygen atoms in total. The maximum absolute atomic E-state index is 12.2. The van der Waals surface area contributed by atoms with Crippen LogP contribution < -0.4 is 15.8 Å². The normalized spacial score (nSPS) is 20.5. The van der Waals surface area contributed by atoms with Crippen LogP contribution >= 0.6 is 0 Å². The molecule has 5 heteroatoms. The second-order valence-electron chi connectivity index (χ2n) is 5.74. The van der Waals surface area contributed by atoms with Gasteiger partial charge in [-0.25, -0.2) is 4.98 Å². The molecule has 0 aromatic carbocycles. The van der Waals surface area contributed by atoms with Crippen molar-refractivity contribution < 1.29 is 0 Å². The average Bonchev–Trinajstić information content (AvgIpc) is 3.25. The molecule has 0 amide bonds. The third-order valence-electron chi connectivity index (χ3n) is 4.17. The predicted octanol–water partition coefficient (Wildman–Crippen LogP) is 0.749. The Morgan fingerprint density at radius 2 is 2.11 bits per heavy atom. The lowest BCUT2D eigenvalue weighted by Gasteiger charge is -2.30. The molecule has 3 rings (SSSR count). The van der Waals surface area contributed by atoms with Gasteiger partial charge in [0.15, 0.2) is 5.82 Å². The van der Waals surface area contributed by atoms with Gasteiger partial charge >= 0.3 is 0 Å². The molecule has 1 saturated carbocycles. The highest BCUT2D eigenvalue weighted by atomic mass is 16.1. The van der Waals surface area contributed by atoms with Crippen molar-refractivity contribution in [1.82, 2.24) is 14.9 Å². The van der Waals surface area contributed by atoms with Crippen molar-refractivity contribution in [2.24, 2.45) is 13.0 Å². The molecule has 1 saturated heterocycles. The first kappa shape index (κ1) is 12.7. The summed E-state index contributed by atoms with van der Waals surface area (Å²) in [7, 11) is 1.79. The minimum atomic E-state index is 0.0309. The Morgan fingerprint density at radius 3 is 2.79 bits per heavy atom. The number of anilines is 1. The van der Waals surface area contributed by atoms with E-state index in [1.54, 1.807) is 24.0 Å². The number of rotatable bonds is 4. The van der Waals surface area contributed by atoms with E-state index in [1.807, 2.05) is 0 Å². The van der Waals surface area contributed by atoms with E-state index in [1.165, 1.54) is 25.7 Å². The van der Waals surface area contributed by atoms with Gasteiger partial charge in [-0.15, -0.1) is 0 Å². The molecule has 19 heavy (non-hydrogen) atoms. The molecule has 104 valence electrons. The number of aromatic nitrogens is 2. The molecular formula is C14H22N4O. The Morgan fingerprint density at radius 1 is 1.37 bits per heavy atom. The fraction of sp³-hybridized carbons (Fsp3) is 0.714. The van der Waals surface area contributed by atoms with Crippen LogP contribution in [0, 0.1) is 5.92 Å². The molecule has 0 bridgehead atoms. The summed E-state index contributed by atoms with van der Waals surface area (Å²) in [6.45, 7) is 3.19. The Bertz CT molecular complexity index is 488. The van der Waals surface area contributed by atoms with Gasteiger partial charge in [-0.05, 0) is 44.7 Å². The van der Waals surface area contributed by atoms with Gasteiger partial charge in [0, 0.05) is 32.0 Å². The number of aryl methyl sites for hydroxylation is 1. The third kappa shape index (κ3) is 2.81. The largest absolute Gasteiger partial charge is 0.349 e. The van der Waals surface area contributed by atoms with Crippen molar-refractivity contribution >= 4 is 5.82 Å². The van der Waals surface area contributed by atoms with E-state index in [0.717, 1.165) is 19.6 Å². The summed E-state index contributed by atoms with van der Waals surface area (Å²) in [5, 5.41) is 3.39. The first-order valence-corrected chi connectivity index (χ1v) is 7.24. The Labute approximate surface area is 113 Å². The Hall–Kier alpha value is -1.36. The molecule has 0 atom stereocenters. The van der Waals surface area contributed by atoms with Gasteiger partial charge in [-0.3, -0.25) is 4.79 Å². The monoisotopic (exact) mass is 262 g/mol. The summed E-state index contributed by atoms with van der Waals surface area (Å²) in [5.74, 6) is 1.33. The summed E-state index contributed by atoms with van der Waals surface area (Å²) >= 11 is 0. The number of hydrogen-bond acceptors (Lipinski definition) is 4. The lowest BCUT2D eigenvalue weighted by Crippen LogP contribution is -2.40. The average molecular weight is 262 g/mol. The van der Waals surface area contributed by atoms with E-state index < -0.39 is 0 Å². The fourth-order valence-corrected chi connectivity index (χ4v) is 2.82. The van der Waals surface area contributed by atoms with Crippen LogP contribution in [-0.4, -0.2) is 35.2 Å². The van der Waals surface area contributed by atoms with Crippen LogP contribution in [-0.2, 0) is 7.05 Å². The SMILES string of the molecule is Cn1ccnc(N(CC2CCNCC2)C2CC2)c1=O. The van der Waals surface area contributed by atoms with Crippen molar-refractivity contribution in [3.05, 3.63) is 22.7 Å². The number of nitrogens with zero attached hydrogens (tertiary/aromatic N) is 3. The van der Waals surface area contributed by atoms with E-state index in [2.05, 4.69) is 15.2 Å². The van der Waals surface area contributed by atoms with Crippen molar-refractivity contribution in [2.45, 2.75) is 31.7 Å². The lowest BCUT2D eigenvalue weighted by molar-refractivity contribution is 0.371. The van der Waals surface area contributed by atoms with Crippen LogP contribution in [0.4, 0.5) is 5.82 Å². The van der Waals surface area contributed by atoms with Crippen LogP contribution in [0.3, 0.4) is 0 Å². The second-order valence-corrected chi connectivity index (χ2v) is 5.74. The molecule has 0 radical (unpaired) electrons. The summed E-state index contributed by atoms with van der Waals surface area (Å²) in [4.78, 5) is 18.8. The second kappa shape index (κ2) is 5.33. The highest BCUT2D eigenvalue weighted by molar-refractivity contribution is 5.39. The van der Waals surface area contributed by atoms with Crippen LogP contribution in [0.25, 0.3) is 0 Å². The lowest BCUT2D eigenvalue weighted by atomic mass is 9.97. The van der Waals surface area contributed by atoms with E-state index in [9.17, 15) is 4.79 Å². The van der Waals surface area contributed by atoms with Gasteiger partial charge in [0.25, 0.3) is 5.56 Å². The van der Waals surface area contributed by atoms with Crippen LogP contribution in [0.5, 0.6) is 0 Å². The molecular weight excluding hydrogens is 240 g/mol. The number of piperidine rings is 1. The third-order valence-corrected chi connectivity index (χ3v) is 4.17. The molecule has 2 heterocycles. The molecule has 1 aliphatic carbocycles. The van der Waals surface area contributed by atoms with Crippen molar-refractivity contribution in [3.8, 4) is 0 Å². The fourth-order valence-electron chi connectivity index (χ4n) is 2.82. The van der Waals surface area contributed by atoms with E-state index in [0.29, 0.717) is 17.8 Å². The van der Waals surface area contributed by atoms with E-state index >= 15 is 0 Å². The van der Waals surface area contributed by atoms with Crippen molar-refractivity contribution in [3.63, 3.8) is 0 Å². The highest BCUT2D eigenvalue weighted by Crippen LogP contribution is 2.30. The van der Waals surface area contributed by atoms with Crippen LogP contribution in [0.1, 0.15) is 25.7 Å². The minimum Gasteiger partial charge on any atom is -0.349 e. The molecule has 2 aliphatic rings. The topological polar surface area (TPSA) is 50.2 Å². The Balaban J connectivity index is 1.80. The molecule has 1 N–H and O–H groups in total. The maximum Gasteiger partial charge on any atom is 0.293 e. The van der Waals surface area contributed by atoms with E-state index in [-0.39, 0.29) is 5.56 Å². The van der Waals surface area contributed by atoms with Gasteiger partial charge in [0.05, 0.1) is 0 Å². The molecule has 1 aliphatic heterocycles. The summed E-state index contributed by atoms with van der Waals surface area (Å²) in [6.07, 6.45) is 8.26. The number of nitrogens with one attached hydrogen (secondary N) is 1.